The molecule has 2 fully saturated rings. The first-order chi connectivity index (χ1) is 19.2. The van der Waals surface area contributed by atoms with Gasteiger partial charge in [-0.05, 0) is 25.3 Å². The van der Waals surface area contributed by atoms with Gasteiger partial charge in [-0.15, -0.1) is 0 Å². The smallest absolute Gasteiger partial charge is 0.351 e. The molecule has 0 bridgehead atoms. The molecule has 2 aliphatic rings. The summed E-state index contributed by atoms with van der Waals surface area (Å²) in [6, 6.07) is 1.16. The second kappa shape index (κ2) is 15.5. The van der Waals surface area contributed by atoms with E-state index >= 15 is 0 Å². The molecule has 12 heteroatoms. The highest BCUT2D eigenvalue weighted by Crippen LogP contribution is 2.42. The van der Waals surface area contributed by atoms with Gasteiger partial charge in [-0.2, -0.15) is 13.8 Å². The summed E-state index contributed by atoms with van der Waals surface area (Å²) in [7, 11) is 0. The monoisotopic (exact) mass is 571 g/mol. The Hall–Kier alpha value is -2.44. The zero-order chi connectivity index (χ0) is 29.1. The van der Waals surface area contributed by atoms with Crippen LogP contribution in [-0.2, 0) is 19.1 Å². The highest BCUT2D eigenvalue weighted by Gasteiger charge is 2.59. The van der Waals surface area contributed by atoms with Crippen LogP contribution in [0, 0.1) is 11.8 Å². The maximum absolute atomic E-state index is 14.4. The van der Waals surface area contributed by atoms with Crippen molar-refractivity contribution in [3.63, 3.8) is 0 Å². The van der Waals surface area contributed by atoms with Gasteiger partial charge in [0.05, 0.1) is 25.0 Å². The zero-order valence-corrected chi connectivity index (χ0v) is 23.2. The number of rotatable bonds is 15. The molecule has 1 aromatic heterocycles. The largest absolute Gasteiger partial charge is 0.465 e. The molecule has 3 rings (SSSR count). The summed E-state index contributed by atoms with van der Waals surface area (Å²) in [5.41, 5.74) is -1.13. The van der Waals surface area contributed by atoms with Gasteiger partial charge in [-0.25, -0.2) is 4.79 Å². The van der Waals surface area contributed by atoms with Crippen LogP contribution in [0.15, 0.2) is 17.1 Å². The molecule has 0 aromatic carbocycles. The summed E-state index contributed by atoms with van der Waals surface area (Å²) in [6.07, 6.45) is 7.89. The number of aromatic nitrogens is 2. The number of halogens is 2. The molecule has 2 heterocycles. The summed E-state index contributed by atoms with van der Waals surface area (Å²) in [4.78, 5) is 42.0. The van der Waals surface area contributed by atoms with E-state index in [1.54, 1.807) is 0 Å². The predicted molar refractivity (Wildman–Crippen MR) is 143 cm³/mol. The molecule has 3 N–H and O–H groups in total. The second-order valence-corrected chi connectivity index (χ2v) is 10.8. The maximum atomic E-state index is 14.4. The van der Waals surface area contributed by atoms with E-state index in [1.807, 2.05) is 0 Å². The van der Waals surface area contributed by atoms with Gasteiger partial charge in [0.1, 0.15) is 11.9 Å². The Kier molecular flexibility index (Phi) is 12.5. The highest BCUT2D eigenvalue weighted by atomic mass is 19.3. The van der Waals surface area contributed by atoms with Crippen LogP contribution >= 0.6 is 0 Å². The lowest BCUT2D eigenvalue weighted by molar-refractivity contribution is -0.154. The SMILES string of the molecule is CCCCCCCCCCCOC(=O)C1CCCCC1C(=O)Nc1ccn([C@@H]2O[C@H](CO)[C@@H](O)C2(F)F)c(=O)n1. The lowest BCUT2D eigenvalue weighted by Gasteiger charge is -2.28. The summed E-state index contributed by atoms with van der Waals surface area (Å²) in [5, 5.41) is 21.4. The molecule has 40 heavy (non-hydrogen) atoms. The van der Waals surface area contributed by atoms with E-state index in [-0.39, 0.29) is 5.82 Å². The van der Waals surface area contributed by atoms with Crippen molar-refractivity contribution < 1.29 is 38.1 Å². The maximum Gasteiger partial charge on any atom is 0.351 e. The third-order valence-electron chi connectivity index (χ3n) is 7.79. The van der Waals surface area contributed by atoms with E-state index in [0.29, 0.717) is 24.0 Å². The van der Waals surface area contributed by atoms with Crippen LogP contribution in [0.5, 0.6) is 0 Å². The summed E-state index contributed by atoms with van der Waals surface area (Å²) < 4.78 is 39.8. The minimum Gasteiger partial charge on any atom is -0.465 e. The topological polar surface area (TPSA) is 140 Å². The average Bonchev–Trinajstić information content (AvgIpc) is 3.17. The van der Waals surface area contributed by atoms with Crippen molar-refractivity contribution in [1.29, 1.82) is 0 Å². The van der Waals surface area contributed by atoms with Crippen LogP contribution in [0.4, 0.5) is 14.6 Å². The Morgan fingerprint density at radius 1 is 1.10 bits per heavy atom. The molecule has 1 aromatic rings. The molecule has 0 spiro atoms. The summed E-state index contributed by atoms with van der Waals surface area (Å²) in [5.74, 6) is -6.15. The lowest BCUT2D eigenvalue weighted by atomic mass is 9.78. The molecular weight excluding hydrogens is 528 g/mol. The van der Waals surface area contributed by atoms with E-state index in [9.17, 15) is 28.3 Å². The van der Waals surface area contributed by atoms with Gasteiger partial charge >= 0.3 is 17.6 Å². The van der Waals surface area contributed by atoms with E-state index in [2.05, 4.69) is 17.2 Å². The van der Waals surface area contributed by atoms with Crippen molar-refractivity contribution in [1.82, 2.24) is 9.55 Å². The van der Waals surface area contributed by atoms with Gasteiger partial charge in [0.15, 0.2) is 6.10 Å². The van der Waals surface area contributed by atoms with Crippen molar-refractivity contribution in [2.24, 2.45) is 11.8 Å². The molecular formula is C28H43F2N3O7. The first-order valence-electron chi connectivity index (χ1n) is 14.6. The number of amides is 1. The van der Waals surface area contributed by atoms with Gasteiger partial charge in [-0.3, -0.25) is 14.2 Å². The Bertz CT molecular complexity index is 1020. The van der Waals surface area contributed by atoms with E-state index < -0.39 is 60.4 Å². The van der Waals surface area contributed by atoms with E-state index in [4.69, 9.17) is 14.6 Å². The third-order valence-corrected chi connectivity index (χ3v) is 7.79. The minimum absolute atomic E-state index is 0.154. The zero-order valence-electron chi connectivity index (χ0n) is 23.2. The normalized spacial score (nSPS) is 26.0. The summed E-state index contributed by atoms with van der Waals surface area (Å²) >= 11 is 0. The highest BCUT2D eigenvalue weighted by molar-refractivity contribution is 5.94. The fourth-order valence-electron chi connectivity index (χ4n) is 5.42. The molecule has 1 saturated carbocycles. The van der Waals surface area contributed by atoms with E-state index in [0.717, 1.165) is 44.4 Å². The Morgan fingerprint density at radius 3 is 2.33 bits per heavy atom. The number of carbonyl (C=O) groups is 2. The molecule has 5 atom stereocenters. The molecule has 1 saturated heterocycles. The number of unbranched alkanes of at least 4 members (excludes halogenated alkanes) is 8. The number of ether oxygens (including phenoxy) is 2. The van der Waals surface area contributed by atoms with E-state index in [1.165, 1.54) is 38.5 Å². The van der Waals surface area contributed by atoms with Crippen LogP contribution in [0.2, 0.25) is 0 Å². The Balaban J connectivity index is 1.49. The van der Waals surface area contributed by atoms with Crippen molar-refractivity contribution in [3.8, 4) is 0 Å². The predicted octanol–water partition coefficient (Wildman–Crippen LogP) is 3.95. The van der Waals surface area contributed by atoms with Gasteiger partial charge in [0, 0.05) is 6.20 Å². The van der Waals surface area contributed by atoms with Gasteiger partial charge in [-0.1, -0.05) is 71.1 Å². The summed E-state index contributed by atoms with van der Waals surface area (Å²) in [6.45, 7) is 1.66. The van der Waals surface area contributed by atoms with Gasteiger partial charge < -0.3 is 25.0 Å². The number of anilines is 1. The van der Waals surface area contributed by atoms with Crippen molar-refractivity contribution >= 4 is 17.7 Å². The Morgan fingerprint density at radius 2 is 1.73 bits per heavy atom. The number of aliphatic hydroxyl groups excluding tert-OH is 2. The van der Waals surface area contributed by atoms with Crippen LogP contribution < -0.4 is 11.0 Å². The fourth-order valence-corrected chi connectivity index (χ4v) is 5.42. The first kappa shape index (κ1) is 32.1. The van der Waals surface area contributed by atoms with Gasteiger partial charge in [0.2, 0.25) is 12.1 Å². The standard InChI is InChI=1S/C28H43F2N3O7/c1-2-3-4-5-6-7-8-9-12-17-39-25(37)20-14-11-10-13-19(20)24(36)31-22-15-16-33(27(38)32-22)26-28(29,30)23(35)21(18-34)40-26/h15-16,19-21,23,26,34-35H,2-14,17-18H2,1H3,(H,31,32,36,38)/t19?,20?,21-,23-,26-/m1/s1. The molecule has 226 valence electrons. The van der Waals surface area contributed by atoms with Crippen molar-refractivity contribution in [2.75, 3.05) is 18.5 Å². The number of esters is 1. The number of hydrogen-bond donors (Lipinski definition) is 3. The number of carbonyl (C=O) groups excluding carboxylic acids is 2. The quantitative estimate of drug-likeness (QED) is 0.212. The number of aliphatic hydroxyl groups is 2. The minimum atomic E-state index is -3.84. The van der Waals surface area contributed by atoms with Crippen molar-refractivity contribution in [2.45, 2.75) is 115 Å². The average molecular weight is 572 g/mol. The van der Waals surface area contributed by atoms with Crippen LogP contribution in [0.1, 0.15) is 96.6 Å². The van der Waals surface area contributed by atoms with Crippen LogP contribution in [0.25, 0.3) is 0 Å². The van der Waals surface area contributed by atoms with Gasteiger partial charge in [0.25, 0.3) is 0 Å². The third kappa shape index (κ3) is 8.29. The molecule has 0 radical (unpaired) electrons. The first-order valence-corrected chi connectivity index (χ1v) is 14.6. The van der Waals surface area contributed by atoms with Crippen molar-refractivity contribution in [3.05, 3.63) is 22.7 Å². The molecule has 1 aliphatic carbocycles. The number of nitrogens with zero attached hydrogens (tertiary/aromatic N) is 2. The lowest BCUT2D eigenvalue weighted by Crippen LogP contribution is -2.42. The number of hydrogen-bond acceptors (Lipinski definition) is 8. The number of nitrogens with one attached hydrogen (secondary N) is 1. The second-order valence-electron chi connectivity index (χ2n) is 10.8. The van der Waals surface area contributed by atoms with Crippen LogP contribution in [0.3, 0.4) is 0 Å². The Labute approximate surface area is 233 Å². The molecule has 10 nitrogen and oxygen atoms in total. The molecule has 1 amide bonds. The van der Waals surface area contributed by atoms with Crippen LogP contribution in [-0.4, -0.2) is 63.0 Å². The number of alkyl halides is 2. The molecule has 1 aliphatic heterocycles. The molecule has 2 unspecified atom stereocenters. The fraction of sp³-hybridized carbons (Fsp3) is 0.786.